The summed E-state index contributed by atoms with van der Waals surface area (Å²) in [4.78, 5) is 0. The molecule has 0 aliphatic heterocycles. The highest BCUT2D eigenvalue weighted by molar-refractivity contribution is 9.11. The first-order valence-electron chi connectivity index (χ1n) is 3.35. The van der Waals surface area contributed by atoms with E-state index in [9.17, 15) is 5.11 Å². The van der Waals surface area contributed by atoms with Crippen LogP contribution in [-0.4, -0.2) is 5.11 Å². The van der Waals surface area contributed by atoms with Crippen molar-refractivity contribution < 1.29 is 5.11 Å². The number of hydrogen-bond acceptors (Lipinski definition) is 2. The minimum absolute atomic E-state index is 0.199. The number of halogens is 3. The Morgan fingerprint density at radius 2 is 2.00 bits per heavy atom. The van der Waals surface area contributed by atoms with Crippen molar-refractivity contribution in [2.75, 3.05) is 0 Å². The van der Waals surface area contributed by atoms with Gasteiger partial charge in [-0.3, -0.25) is 0 Å². The first-order valence-corrected chi connectivity index (χ1v) is 6.19. The molecule has 1 N–H and O–H groups in total. The summed E-state index contributed by atoms with van der Waals surface area (Å²) in [5.74, 6) is 0.199. The lowest BCUT2D eigenvalue weighted by molar-refractivity contribution is 0.478. The molecule has 0 aliphatic rings. The van der Waals surface area contributed by atoms with Crippen LogP contribution in [0.1, 0.15) is 0 Å². The molecule has 0 saturated heterocycles. The van der Waals surface area contributed by atoms with Gasteiger partial charge in [-0.25, -0.2) is 0 Å². The molecule has 13 heavy (non-hydrogen) atoms. The minimum atomic E-state index is 0.199. The van der Waals surface area contributed by atoms with E-state index in [0.717, 1.165) is 9.17 Å². The van der Waals surface area contributed by atoms with Crippen LogP contribution in [0.15, 0.2) is 20.4 Å². The molecule has 0 unspecified atom stereocenters. The van der Waals surface area contributed by atoms with Crippen LogP contribution in [-0.2, 0) is 0 Å². The van der Waals surface area contributed by atoms with Gasteiger partial charge in [0.1, 0.15) is 5.75 Å². The molecule has 0 saturated carbocycles. The maximum Gasteiger partial charge on any atom is 0.140 e. The molecule has 0 atom stereocenters. The highest BCUT2D eigenvalue weighted by Crippen LogP contribution is 2.44. The van der Waals surface area contributed by atoms with Crippen LogP contribution >= 0.6 is 54.8 Å². The Balaban J connectivity index is 3.00. The van der Waals surface area contributed by atoms with E-state index in [-0.39, 0.29) is 5.75 Å². The number of phenols is 1. The highest BCUT2D eigenvalue weighted by atomic mass is 79.9. The zero-order chi connectivity index (χ0) is 9.59. The quantitative estimate of drug-likeness (QED) is 0.730. The third-order valence-electron chi connectivity index (χ3n) is 1.68. The van der Waals surface area contributed by atoms with Gasteiger partial charge >= 0.3 is 0 Å². The van der Waals surface area contributed by atoms with Gasteiger partial charge in [-0.15, -0.1) is 11.3 Å². The Kier molecular flexibility index (Phi) is 2.57. The van der Waals surface area contributed by atoms with Crippen molar-refractivity contribution in [3.63, 3.8) is 0 Å². The second-order valence-corrected chi connectivity index (χ2v) is 5.47. The number of benzene rings is 1. The summed E-state index contributed by atoms with van der Waals surface area (Å²) in [7, 11) is 0. The minimum Gasteiger partial charge on any atom is -0.506 e. The molecule has 0 fully saturated rings. The number of hydrogen-bond donors (Lipinski definition) is 1. The fourth-order valence-electron chi connectivity index (χ4n) is 1.10. The third-order valence-corrected chi connectivity index (χ3v) is 4.61. The van der Waals surface area contributed by atoms with Gasteiger partial charge in [0.25, 0.3) is 0 Å². The summed E-state index contributed by atoms with van der Waals surface area (Å²) >= 11 is 14.1. The smallest absolute Gasteiger partial charge is 0.140 e. The second kappa shape index (κ2) is 3.42. The Morgan fingerprint density at radius 1 is 1.31 bits per heavy atom. The first-order chi connectivity index (χ1) is 6.11. The van der Waals surface area contributed by atoms with Crippen LogP contribution in [0.3, 0.4) is 0 Å². The van der Waals surface area contributed by atoms with Crippen molar-refractivity contribution in [2.24, 2.45) is 0 Å². The maximum absolute atomic E-state index is 9.71. The SMILES string of the molecule is Oc1c(Br)cc(Br)c2scc(Cl)c12. The number of rotatable bonds is 0. The largest absolute Gasteiger partial charge is 0.506 e. The molecule has 2 aromatic rings. The average molecular weight is 342 g/mol. The lowest BCUT2D eigenvalue weighted by Gasteiger charge is -2.01. The van der Waals surface area contributed by atoms with Crippen LogP contribution in [0.2, 0.25) is 5.02 Å². The molecule has 1 aromatic heterocycles. The monoisotopic (exact) mass is 340 g/mol. The van der Waals surface area contributed by atoms with Gasteiger partial charge in [0.05, 0.1) is 19.6 Å². The summed E-state index contributed by atoms with van der Waals surface area (Å²) in [6.07, 6.45) is 0. The molecular formula is C8H3Br2ClOS. The summed E-state index contributed by atoms with van der Waals surface area (Å²) in [5, 5.41) is 12.8. The van der Waals surface area contributed by atoms with Crippen molar-refractivity contribution in [1.29, 1.82) is 0 Å². The maximum atomic E-state index is 9.71. The van der Waals surface area contributed by atoms with Crippen molar-refractivity contribution in [1.82, 2.24) is 0 Å². The van der Waals surface area contributed by atoms with E-state index in [1.807, 2.05) is 11.4 Å². The van der Waals surface area contributed by atoms with E-state index in [0.29, 0.717) is 14.9 Å². The number of fused-ring (bicyclic) bond motifs is 1. The van der Waals surface area contributed by atoms with Gasteiger partial charge in [-0.05, 0) is 37.9 Å². The van der Waals surface area contributed by atoms with Gasteiger partial charge in [0, 0.05) is 9.85 Å². The van der Waals surface area contributed by atoms with Gasteiger partial charge < -0.3 is 5.11 Å². The second-order valence-electron chi connectivity index (χ2n) is 2.48. The summed E-state index contributed by atoms with van der Waals surface area (Å²) in [6, 6.07) is 1.81. The standard InChI is InChI=1S/C8H3Br2ClOS/c9-3-1-4(10)8-6(7(3)12)5(11)2-13-8/h1-2,12H. The zero-order valence-corrected chi connectivity index (χ0v) is 10.9. The van der Waals surface area contributed by atoms with E-state index < -0.39 is 0 Å². The summed E-state index contributed by atoms with van der Waals surface area (Å²) < 4.78 is 2.54. The molecule has 5 heteroatoms. The van der Waals surface area contributed by atoms with Crippen molar-refractivity contribution in [2.45, 2.75) is 0 Å². The number of phenolic OH excluding ortho intramolecular Hbond substituents is 1. The van der Waals surface area contributed by atoms with E-state index in [1.165, 1.54) is 11.3 Å². The number of aromatic hydroxyl groups is 1. The Bertz CT molecular complexity index is 480. The van der Waals surface area contributed by atoms with Crippen molar-refractivity contribution in [3.8, 4) is 5.75 Å². The first kappa shape index (κ1) is 9.77. The molecule has 0 spiro atoms. The van der Waals surface area contributed by atoms with Crippen LogP contribution < -0.4 is 0 Å². The predicted octanol–water partition coefficient (Wildman–Crippen LogP) is 4.79. The number of thiophene rings is 1. The molecule has 0 bridgehead atoms. The third kappa shape index (κ3) is 1.50. The summed E-state index contributed by atoms with van der Waals surface area (Å²) in [6.45, 7) is 0. The van der Waals surface area contributed by atoms with Crippen LogP contribution in [0.25, 0.3) is 10.1 Å². The average Bonchev–Trinajstić information content (AvgIpc) is 2.44. The fraction of sp³-hybridized carbons (Fsp3) is 0. The van der Waals surface area contributed by atoms with E-state index in [4.69, 9.17) is 11.6 Å². The zero-order valence-electron chi connectivity index (χ0n) is 6.14. The molecule has 1 aromatic carbocycles. The Labute approximate surface area is 101 Å². The molecule has 2 rings (SSSR count). The van der Waals surface area contributed by atoms with Crippen LogP contribution in [0, 0.1) is 0 Å². The molecule has 0 amide bonds. The normalized spacial score (nSPS) is 11.0. The lowest BCUT2D eigenvalue weighted by Crippen LogP contribution is -1.73. The fourth-order valence-corrected chi connectivity index (χ4v) is 3.75. The topological polar surface area (TPSA) is 20.2 Å². The molecule has 1 nitrogen and oxygen atoms in total. The van der Waals surface area contributed by atoms with Crippen LogP contribution in [0.4, 0.5) is 0 Å². The van der Waals surface area contributed by atoms with Crippen molar-refractivity contribution >= 4 is 64.9 Å². The molecule has 0 aliphatic carbocycles. The lowest BCUT2D eigenvalue weighted by atomic mass is 10.2. The van der Waals surface area contributed by atoms with Gasteiger partial charge in [-0.1, -0.05) is 11.6 Å². The molecular weight excluding hydrogens is 339 g/mol. The van der Waals surface area contributed by atoms with Gasteiger partial charge in [0.2, 0.25) is 0 Å². The van der Waals surface area contributed by atoms with Crippen LogP contribution in [0.5, 0.6) is 5.75 Å². The molecule has 68 valence electrons. The summed E-state index contributed by atoms with van der Waals surface area (Å²) in [5.41, 5.74) is 0. The van der Waals surface area contributed by atoms with E-state index in [1.54, 1.807) is 0 Å². The van der Waals surface area contributed by atoms with E-state index >= 15 is 0 Å². The highest BCUT2D eigenvalue weighted by Gasteiger charge is 2.13. The molecule has 0 radical (unpaired) electrons. The van der Waals surface area contributed by atoms with Crippen molar-refractivity contribution in [3.05, 3.63) is 25.4 Å². The molecule has 1 heterocycles. The Morgan fingerprint density at radius 3 is 2.69 bits per heavy atom. The predicted molar refractivity (Wildman–Crippen MR) is 63.9 cm³/mol. The van der Waals surface area contributed by atoms with Gasteiger partial charge in [0.15, 0.2) is 0 Å². The van der Waals surface area contributed by atoms with E-state index in [2.05, 4.69) is 31.9 Å². The van der Waals surface area contributed by atoms with Gasteiger partial charge in [-0.2, -0.15) is 0 Å². The Hall–Kier alpha value is 0.230.